The zero-order valence-corrected chi connectivity index (χ0v) is 7.34. The van der Waals surface area contributed by atoms with Gasteiger partial charge in [-0.15, -0.1) is 0 Å². The van der Waals surface area contributed by atoms with Crippen LogP contribution >= 0.6 is 0 Å². The van der Waals surface area contributed by atoms with E-state index in [0.29, 0.717) is 0 Å². The van der Waals surface area contributed by atoms with E-state index >= 15 is 0 Å². The van der Waals surface area contributed by atoms with Gasteiger partial charge in [-0.1, -0.05) is 30.3 Å². The molecule has 2 atom stereocenters. The van der Waals surface area contributed by atoms with E-state index in [0.717, 1.165) is 5.56 Å². The Morgan fingerprint density at radius 2 is 2.00 bits per heavy atom. The van der Waals surface area contributed by atoms with Gasteiger partial charge < -0.3 is 9.84 Å². The minimum atomic E-state index is -1.12. The van der Waals surface area contributed by atoms with Gasteiger partial charge in [0.2, 0.25) is 0 Å². The van der Waals surface area contributed by atoms with Crippen molar-refractivity contribution in [1.82, 2.24) is 0 Å². The number of nitriles is 1. The molecule has 0 fully saturated rings. The van der Waals surface area contributed by atoms with E-state index in [2.05, 4.69) is 0 Å². The fourth-order valence-electron chi connectivity index (χ4n) is 1.16. The van der Waals surface area contributed by atoms with Gasteiger partial charge in [0, 0.05) is 7.11 Å². The van der Waals surface area contributed by atoms with E-state index in [9.17, 15) is 5.11 Å². The topological polar surface area (TPSA) is 53.2 Å². The molecule has 13 heavy (non-hydrogen) atoms. The summed E-state index contributed by atoms with van der Waals surface area (Å²) in [4.78, 5) is 0. The van der Waals surface area contributed by atoms with Crippen LogP contribution in [0.3, 0.4) is 0 Å². The number of hydrogen-bond donors (Lipinski definition) is 1. The molecule has 0 saturated carbocycles. The fraction of sp³-hybridized carbons (Fsp3) is 0.300. The second-order valence-corrected chi connectivity index (χ2v) is 2.64. The molecular weight excluding hydrogens is 166 g/mol. The van der Waals surface area contributed by atoms with E-state index < -0.39 is 12.2 Å². The van der Waals surface area contributed by atoms with Gasteiger partial charge in [-0.25, -0.2) is 0 Å². The number of aliphatic hydroxyl groups excluding tert-OH is 1. The van der Waals surface area contributed by atoms with E-state index in [1.807, 2.05) is 30.3 Å². The molecule has 0 aliphatic rings. The van der Waals surface area contributed by atoms with Gasteiger partial charge in [-0.05, 0) is 5.56 Å². The lowest BCUT2D eigenvalue weighted by molar-refractivity contribution is 0.0145. The Kier molecular flexibility index (Phi) is 3.44. The number of ether oxygens (including phenoxy) is 1. The summed E-state index contributed by atoms with van der Waals surface area (Å²) in [6.07, 6.45) is -1.68. The number of methoxy groups -OCH3 is 1. The lowest BCUT2D eigenvalue weighted by atomic mass is 10.1. The first-order valence-electron chi connectivity index (χ1n) is 3.95. The van der Waals surface area contributed by atoms with Crippen molar-refractivity contribution in [3.63, 3.8) is 0 Å². The maximum atomic E-state index is 9.29. The first kappa shape index (κ1) is 9.72. The SMILES string of the molecule is CO[C@@H](c1ccccc1)[C@@H](O)C#N. The molecule has 1 rings (SSSR count). The predicted molar refractivity (Wildman–Crippen MR) is 47.8 cm³/mol. The lowest BCUT2D eigenvalue weighted by Crippen LogP contribution is -2.17. The standard InChI is InChI=1S/C10H11NO2/c1-13-10(9(12)7-11)8-5-3-2-4-6-8/h2-6,9-10,12H,1H3/t9-,10-/m0/s1. The van der Waals surface area contributed by atoms with Crippen molar-refractivity contribution >= 4 is 0 Å². The van der Waals surface area contributed by atoms with Crippen LogP contribution in [0.1, 0.15) is 11.7 Å². The second-order valence-electron chi connectivity index (χ2n) is 2.64. The summed E-state index contributed by atoms with van der Waals surface area (Å²) in [5, 5.41) is 17.8. The minimum Gasteiger partial charge on any atom is -0.375 e. The first-order valence-corrected chi connectivity index (χ1v) is 3.95. The second kappa shape index (κ2) is 4.61. The van der Waals surface area contributed by atoms with Crippen molar-refractivity contribution in [3.05, 3.63) is 35.9 Å². The van der Waals surface area contributed by atoms with Gasteiger partial charge >= 0.3 is 0 Å². The van der Waals surface area contributed by atoms with Crippen LogP contribution in [0.25, 0.3) is 0 Å². The fourth-order valence-corrected chi connectivity index (χ4v) is 1.16. The highest BCUT2D eigenvalue weighted by molar-refractivity contribution is 5.20. The molecule has 0 aliphatic carbocycles. The quantitative estimate of drug-likeness (QED) is 0.707. The maximum absolute atomic E-state index is 9.29. The van der Waals surface area contributed by atoms with Crippen LogP contribution in [0.15, 0.2) is 30.3 Å². The van der Waals surface area contributed by atoms with Gasteiger partial charge in [-0.2, -0.15) is 5.26 Å². The van der Waals surface area contributed by atoms with Crippen LogP contribution in [-0.2, 0) is 4.74 Å². The van der Waals surface area contributed by atoms with Gasteiger partial charge in [-0.3, -0.25) is 0 Å². The molecule has 0 heterocycles. The number of hydrogen-bond acceptors (Lipinski definition) is 3. The Balaban J connectivity index is 2.86. The molecule has 0 aliphatic heterocycles. The molecule has 3 heteroatoms. The molecule has 0 bridgehead atoms. The Morgan fingerprint density at radius 1 is 1.38 bits per heavy atom. The highest BCUT2D eigenvalue weighted by atomic mass is 16.5. The van der Waals surface area contributed by atoms with Crippen LogP contribution in [0.2, 0.25) is 0 Å². The number of aliphatic hydroxyl groups is 1. The normalized spacial score (nSPS) is 14.5. The Bertz CT molecular complexity index is 292. The maximum Gasteiger partial charge on any atom is 0.170 e. The Morgan fingerprint density at radius 3 is 2.46 bits per heavy atom. The van der Waals surface area contributed by atoms with E-state index in [4.69, 9.17) is 10.00 Å². The molecule has 3 nitrogen and oxygen atoms in total. The van der Waals surface area contributed by atoms with E-state index in [1.165, 1.54) is 7.11 Å². The largest absolute Gasteiger partial charge is 0.375 e. The first-order chi connectivity index (χ1) is 6.29. The molecule has 0 saturated heterocycles. The van der Waals surface area contributed by atoms with Gasteiger partial charge in [0.15, 0.2) is 6.10 Å². The summed E-state index contributed by atoms with van der Waals surface area (Å²) in [6.45, 7) is 0. The minimum absolute atomic E-state index is 0.564. The molecule has 1 N–H and O–H groups in total. The zero-order chi connectivity index (χ0) is 9.68. The highest BCUT2D eigenvalue weighted by Gasteiger charge is 2.19. The molecule has 1 aromatic rings. The number of benzene rings is 1. The summed E-state index contributed by atoms with van der Waals surface area (Å²) < 4.78 is 5.02. The van der Waals surface area contributed by atoms with Crippen LogP contribution in [0, 0.1) is 11.3 Å². The van der Waals surface area contributed by atoms with Crippen molar-refractivity contribution in [3.8, 4) is 6.07 Å². The van der Waals surface area contributed by atoms with Crippen molar-refractivity contribution in [1.29, 1.82) is 5.26 Å². The third-order valence-electron chi connectivity index (χ3n) is 1.80. The van der Waals surface area contributed by atoms with Crippen LogP contribution in [-0.4, -0.2) is 18.3 Å². The van der Waals surface area contributed by atoms with E-state index in [-0.39, 0.29) is 0 Å². The van der Waals surface area contributed by atoms with Crippen molar-refractivity contribution in [2.75, 3.05) is 7.11 Å². The molecule has 0 radical (unpaired) electrons. The average Bonchev–Trinajstić information content (AvgIpc) is 2.20. The predicted octanol–water partition coefficient (Wildman–Crippen LogP) is 1.26. The summed E-state index contributed by atoms with van der Waals surface area (Å²) in [5.41, 5.74) is 0.805. The molecule has 0 spiro atoms. The van der Waals surface area contributed by atoms with Crippen LogP contribution < -0.4 is 0 Å². The summed E-state index contributed by atoms with van der Waals surface area (Å²) in [5.74, 6) is 0. The monoisotopic (exact) mass is 177 g/mol. The van der Waals surface area contributed by atoms with Gasteiger partial charge in [0.1, 0.15) is 6.10 Å². The number of rotatable bonds is 3. The Labute approximate surface area is 77.2 Å². The third kappa shape index (κ3) is 2.28. The number of nitrogens with zero attached hydrogens (tertiary/aromatic N) is 1. The molecule has 68 valence electrons. The van der Waals surface area contributed by atoms with Crippen LogP contribution in [0.5, 0.6) is 0 Å². The van der Waals surface area contributed by atoms with Crippen molar-refractivity contribution < 1.29 is 9.84 Å². The Hall–Kier alpha value is -1.37. The highest BCUT2D eigenvalue weighted by Crippen LogP contribution is 2.19. The summed E-state index contributed by atoms with van der Waals surface area (Å²) in [6, 6.07) is 10.9. The smallest absolute Gasteiger partial charge is 0.170 e. The average molecular weight is 177 g/mol. The molecule has 0 aromatic heterocycles. The molecular formula is C10H11NO2. The summed E-state index contributed by atoms with van der Waals surface area (Å²) >= 11 is 0. The lowest BCUT2D eigenvalue weighted by Gasteiger charge is -2.16. The zero-order valence-electron chi connectivity index (χ0n) is 7.34. The van der Waals surface area contributed by atoms with Gasteiger partial charge in [0.05, 0.1) is 6.07 Å². The molecule has 0 amide bonds. The van der Waals surface area contributed by atoms with Crippen molar-refractivity contribution in [2.45, 2.75) is 12.2 Å². The van der Waals surface area contributed by atoms with E-state index in [1.54, 1.807) is 6.07 Å². The summed E-state index contributed by atoms with van der Waals surface area (Å²) in [7, 11) is 1.47. The molecule has 1 aromatic carbocycles. The van der Waals surface area contributed by atoms with Crippen LogP contribution in [0.4, 0.5) is 0 Å². The van der Waals surface area contributed by atoms with Crippen molar-refractivity contribution in [2.24, 2.45) is 0 Å². The third-order valence-corrected chi connectivity index (χ3v) is 1.80. The molecule has 0 unspecified atom stereocenters. The van der Waals surface area contributed by atoms with Gasteiger partial charge in [0.25, 0.3) is 0 Å².